The maximum atomic E-state index is 5.54. The average molecular weight is 260 g/mol. The van der Waals surface area contributed by atoms with E-state index in [1.54, 1.807) is 0 Å². The third-order valence-corrected chi connectivity index (χ3v) is 4.57. The van der Waals surface area contributed by atoms with Crippen LogP contribution < -0.4 is 0 Å². The summed E-state index contributed by atoms with van der Waals surface area (Å²) >= 11 is 5.54. The molecule has 2 aromatic rings. The average Bonchev–Trinajstić information content (AvgIpc) is 2.55. The van der Waals surface area contributed by atoms with E-state index in [0.717, 1.165) is 10.7 Å². The summed E-state index contributed by atoms with van der Waals surface area (Å²) in [5.41, 5.74) is 2.43. The summed E-state index contributed by atoms with van der Waals surface area (Å²) < 4.78 is 3.25. The molecule has 1 N–H and O–H groups in total. The lowest BCUT2D eigenvalue weighted by atomic mass is 9.96. The monoisotopic (exact) mass is 260 g/mol. The molecule has 1 aromatic heterocycles. The molecule has 2 atom stereocenters. The van der Waals surface area contributed by atoms with Gasteiger partial charge in [0.2, 0.25) is 0 Å². The Kier molecular flexibility index (Phi) is 3.25. The summed E-state index contributed by atoms with van der Waals surface area (Å²) in [7, 11) is 0. The Labute approximate surface area is 113 Å². The molecule has 3 heteroatoms. The number of benzene rings is 1. The van der Waals surface area contributed by atoms with E-state index in [4.69, 9.17) is 12.2 Å². The van der Waals surface area contributed by atoms with Gasteiger partial charge in [0.25, 0.3) is 0 Å². The van der Waals surface area contributed by atoms with Gasteiger partial charge in [-0.05, 0) is 43.1 Å². The van der Waals surface area contributed by atoms with Crippen LogP contribution >= 0.6 is 12.2 Å². The lowest BCUT2D eigenvalue weighted by molar-refractivity contribution is 0.338. The number of para-hydroxylation sites is 2. The van der Waals surface area contributed by atoms with Crippen LogP contribution in [-0.2, 0) is 0 Å². The van der Waals surface area contributed by atoms with Gasteiger partial charge in [-0.2, -0.15) is 0 Å². The third kappa shape index (κ3) is 2.01. The van der Waals surface area contributed by atoms with Gasteiger partial charge in [-0.15, -0.1) is 0 Å². The molecule has 1 aliphatic rings. The fourth-order valence-electron chi connectivity index (χ4n) is 3.26. The van der Waals surface area contributed by atoms with Crippen LogP contribution in [0, 0.1) is 10.7 Å². The number of rotatable bonds is 1. The SMILES string of the molecule is CC1CCCCCC1n1c(=S)[nH]c2ccccc21. The van der Waals surface area contributed by atoms with Crippen LogP contribution in [0.25, 0.3) is 11.0 Å². The summed E-state index contributed by atoms with van der Waals surface area (Å²) in [6, 6.07) is 9.02. The van der Waals surface area contributed by atoms with E-state index in [2.05, 4.69) is 40.7 Å². The molecule has 2 unspecified atom stereocenters. The van der Waals surface area contributed by atoms with Crippen molar-refractivity contribution >= 4 is 23.3 Å². The van der Waals surface area contributed by atoms with Crippen LogP contribution in [0.15, 0.2) is 24.3 Å². The molecule has 0 amide bonds. The molecule has 1 saturated carbocycles. The van der Waals surface area contributed by atoms with E-state index in [9.17, 15) is 0 Å². The second-order valence-electron chi connectivity index (χ2n) is 5.50. The second kappa shape index (κ2) is 4.88. The topological polar surface area (TPSA) is 20.7 Å². The summed E-state index contributed by atoms with van der Waals surface area (Å²) in [6.07, 6.45) is 6.66. The minimum absolute atomic E-state index is 0.566. The molecule has 18 heavy (non-hydrogen) atoms. The van der Waals surface area contributed by atoms with Gasteiger partial charge in [0.05, 0.1) is 11.0 Å². The van der Waals surface area contributed by atoms with Crippen LogP contribution in [0.5, 0.6) is 0 Å². The van der Waals surface area contributed by atoms with Gasteiger partial charge < -0.3 is 9.55 Å². The number of fused-ring (bicyclic) bond motifs is 1. The van der Waals surface area contributed by atoms with Crippen molar-refractivity contribution < 1.29 is 0 Å². The standard InChI is InChI=1S/C15H20N2S/c1-11-7-3-2-4-9-13(11)17-14-10-6-5-8-12(14)16-15(17)18/h5-6,8,10-11,13H,2-4,7,9H2,1H3,(H,16,18). The Hall–Kier alpha value is -1.09. The molecule has 0 bridgehead atoms. The van der Waals surface area contributed by atoms with Crippen molar-refractivity contribution in [2.45, 2.75) is 45.1 Å². The largest absolute Gasteiger partial charge is 0.331 e. The van der Waals surface area contributed by atoms with Crippen molar-refractivity contribution in [2.75, 3.05) is 0 Å². The molecule has 0 radical (unpaired) electrons. The summed E-state index contributed by atoms with van der Waals surface area (Å²) in [4.78, 5) is 3.34. The molecule has 0 aliphatic heterocycles. The Morgan fingerprint density at radius 3 is 2.83 bits per heavy atom. The highest BCUT2D eigenvalue weighted by Crippen LogP contribution is 2.34. The predicted molar refractivity (Wildman–Crippen MR) is 78.4 cm³/mol. The normalized spacial score (nSPS) is 25.2. The highest BCUT2D eigenvalue weighted by atomic mass is 32.1. The molecule has 1 fully saturated rings. The molecular formula is C15H20N2S. The van der Waals surface area contributed by atoms with Gasteiger partial charge in [0.1, 0.15) is 0 Å². The van der Waals surface area contributed by atoms with E-state index in [0.29, 0.717) is 6.04 Å². The lowest BCUT2D eigenvalue weighted by Gasteiger charge is -2.23. The first kappa shape index (κ1) is 12.0. The quantitative estimate of drug-likeness (QED) is 0.574. The summed E-state index contributed by atoms with van der Waals surface area (Å²) in [5.74, 6) is 0.721. The van der Waals surface area contributed by atoms with Crippen LogP contribution in [0.2, 0.25) is 0 Å². The maximum Gasteiger partial charge on any atom is 0.178 e. The van der Waals surface area contributed by atoms with E-state index in [1.807, 2.05) is 0 Å². The fourth-order valence-corrected chi connectivity index (χ4v) is 3.60. The zero-order valence-corrected chi connectivity index (χ0v) is 11.7. The zero-order chi connectivity index (χ0) is 12.5. The number of aromatic nitrogens is 2. The van der Waals surface area contributed by atoms with Crippen LogP contribution in [0.4, 0.5) is 0 Å². The molecular weight excluding hydrogens is 240 g/mol. The van der Waals surface area contributed by atoms with Crippen molar-refractivity contribution in [1.29, 1.82) is 0 Å². The van der Waals surface area contributed by atoms with Crippen molar-refractivity contribution in [3.05, 3.63) is 29.0 Å². The smallest absolute Gasteiger partial charge is 0.178 e. The highest BCUT2D eigenvalue weighted by Gasteiger charge is 2.23. The Bertz CT molecular complexity index is 596. The summed E-state index contributed by atoms with van der Waals surface area (Å²) in [5, 5.41) is 0. The molecule has 96 valence electrons. The Balaban J connectivity index is 2.12. The first-order valence-corrected chi connectivity index (χ1v) is 7.37. The van der Waals surface area contributed by atoms with E-state index >= 15 is 0 Å². The maximum absolute atomic E-state index is 5.54. The molecule has 1 aliphatic carbocycles. The molecule has 3 rings (SSSR count). The van der Waals surface area contributed by atoms with Gasteiger partial charge in [-0.3, -0.25) is 0 Å². The van der Waals surface area contributed by atoms with Gasteiger partial charge in [-0.1, -0.05) is 38.3 Å². The number of imidazole rings is 1. The highest BCUT2D eigenvalue weighted by molar-refractivity contribution is 7.71. The lowest BCUT2D eigenvalue weighted by Crippen LogP contribution is -2.16. The van der Waals surface area contributed by atoms with Gasteiger partial charge in [0.15, 0.2) is 4.77 Å². The zero-order valence-electron chi connectivity index (χ0n) is 10.9. The van der Waals surface area contributed by atoms with Crippen molar-refractivity contribution in [2.24, 2.45) is 5.92 Å². The van der Waals surface area contributed by atoms with Gasteiger partial charge in [0, 0.05) is 6.04 Å². The number of nitrogens with zero attached hydrogens (tertiary/aromatic N) is 1. The molecule has 0 spiro atoms. The Morgan fingerprint density at radius 2 is 1.94 bits per heavy atom. The van der Waals surface area contributed by atoms with Crippen molar-refractivity contribution in [3.63, 3.8) is 0 Å². The van der Waals surface area contributed by atoms with E-state index in [1.165, 1.54) is 43.1 Å². The number of hydrogen-bond donors (Lipinski definition) is 1. The minimum Gasteiger partial charge on any atom is -0.331 e. The number of nitrogens with one attached hydrogen (secondary N) is 1. The molecule has 1 aromatic carbocycles. The van der Waals surface area contributed by atoms with Crippen LogP contribution in [0.1, 0.15) is 45.1 Å². The molecule has 0 saturated heterocycles. The molecule has 2 nitrogen and oxygen atoms in total. The van der Waals surface area contributed by atoms with Crippen LogP contribution in [0.3, 0.4) is 0 Å². The number of hydrogen-bond acceptors (Lipinski definition) is 1. The van der Waals surface area contributed by atoms with E-state index < -0.39 is 0 Å². The van der Waals surface area contributed by atoms with Crippen molar-refractivity contribution in [3.8, 4) is 0 Å². The van der Waals surface area contributed by atoms with Crippen LogP contribution in [-0.4, -0.2) is 9.55 Å². The van der Waals surface area contributed by atoms with Gasteiger partial charge >= 0.3 is 0 Å². The third-order valence-electron chi connectivity index (χ3n) is 4.27. The van der Waals surface area contributed by atoms with E-state index in [-0.39, 0.29) is 0 Å². The predicted octanol–water partition coefficient (Wildman–Crippen LogP) is 4.84. The molecule has 1 heterocycles. The fraction of sp³-hybridized carbons (Fsp3) is 0.533. The second-order valence-corrected chi connectivity index (χ2v) is 5.89. The first-order valence-electron chi connectivity index (χ1n) is 6.96. The summed E-state index contributed by atoms with van der Waals surface area (Å²) in [6.45, 7) is 2.37. The minimum atomic E-state index is 0.566. The number of H-pyrrole nitrogens is 1. The Morgan fingerprint density at radius 1 is 1.17 bits per heavy atom. The van der Waals surface area contributed by atoms with Gasteiger partial charge in [-0.25, -0.2) is 0 Å². The van der Waals surface area contributed by atoms with Crippen molar-refractivity contribution in [1.82, 2.24) is 9.55 Å². The first-order chi connectivity index (χ1) is 8.77. The number of aromatic amines is 1.